The average Bonchev–Trinajstić information content (AvgIpc) is 3.23. The van der Waals surface area contributed by atoms with Crippen molar-refractivity contribution in [3.63, 3.8) is 0 Å². The van der Waals surface area contributed by atoms with Crippen molar-refractivity contribution in [2.45, 2.75) is 18.9 Å². The van der Waals surface area contributed by atoms with Gasteiger partial charge < -0.3 is 11.1 Å². The quantitative estimate of drug-likeness (QED) is 0.782. The number of aromatic amines is 1. The topological polar surface area (TPSA) is 83.8 Å². The largest absolute Gasteiger partial charge is 0.350 e. The summed E-state index contributed by atoms with van der Waals surface area (Å²) in [7, 11) is 0. The van der Waals surface area contributed by atoms with Crippen LogP contribution in [0.3, 0.4) is 0 Å². The summed E-state index contributed by atoms with van der Waals surface area (Å²) in [5.41, 5.74) is 7.85. The highest BCUT2D eigenvalue weighted by atomic mass is 35.5. The fourth-order valence-corrected chi connectivity index (χ4v) is 2.55. The van der Waals surface area contributed by atoms with E-state index < -0.39 is 0 Å². The maximum atomic E-state index is 12.3. The second-order valence-corrected chi connectivity index (χ2v) is 5.76. The molecule has 118 valence electrons. The third-order valence-electron chi connectivity index (χ3n) is 3.75. The highest BCUT2D eigenvalue weighted by Crippen LogP contribution is 2.31. The molecular weight excluding hydrogens is 323 g/mol. The summed E-state index contributed by atoms with van der Waals surface area (Å²) < 4.78 is 0. The number of rotatable bonds is 5. The van der Waals surface area contributed by atoms with Crippen LogP contribution in [0.2, 0.25) is 5.02 Å². The van der Waals surface area contributed by atoms with E-state index in [4.69, 9.17) is 17.3 Å². The Kier molecular flexibility index (Phi) is 5.45. The van der Waals surface area contributed by atoms with Gasteiger partial charge in [0.1, 0.15) is 0 Å². The Morgan fingerprint density at radius 3 is 2.86 bits per heavy atom. The second kappa shape index (κ2) is 7.13. The van der Waals surface area contributed by atoms with E-state index >= 15 is 0 Å². The Bertz CT molecular complexity index is 654. The lowest BCUT2D eigenvalue weighted by atomic mass is 10.1. The van der Waals surface area contributed by atoms with Crippen molar-refractivity contribution in [3.8, 4) is 11.3 Å². The molecule has 2 aromatic rings. The third kappa shape index (κ3) is 3.61. The number of amides is 1. The molecule has 1 unspecified atom stereocenters. The lowest BCUT2D eigenvalue weighted by molar-refractivity contribution is 0.0951. The predicted octanol–water partition coefficient (Wildman–Crippen LogP) is 2.62. The van der Waals surface area contributed by atoms with Gasteiger partial charge in [0.2, 0.25) is 0 Å². The molecule has 1 heterocycles. The van der Waals surface area contributed by atoms with Crippen molar-refractivity contribution in [3.05, 3.63) is 41.0 Å². The Morgan fingerprint density at radius 1 is 1.45 bits per heavy atom. The number of nitrogens with zero attached hydrogens (tertiary/aromatic N) is 1. The van der Waals surface area contributed by atoms with Gasteiger partial charge in [-0.3, -0.25) is 9.89 Å². The molecule has 1 saturated carbocycles. The molecule has 5 nitrogen and oxygen atoms in total. The van der Waals surface area contributed by atoms with Crippen molar-refractivity contribution >= 4 is 29.9 Å². The molecule has 1 atom stereocenters. The number of nitrogens with one attached hydrogen (secondary N) is 2. The number of H-pyrrole nitrogens is 1. The van der Waals surface area contributed by atoms with E-state index in [0.29, 0.717) is 28.7 Å². The Hall–Kier alpha value is -1.56. The first kappa shape index (κ1) is 16.8. The van der Waals surface area contributed by atoms with E-state index in [-0.39, 0.29) is 24.4 Å². The molecule has 1 aromatic carbocycles. The average molecular weight is 341 g/mol. The van der Waals surface area contributed by atoms with Crippen LogP contribution in [-0.2, 0) is 0 Å². The summed E-state index contributed by atoms with van der Waals surface area (Å²) in [6, 6.07) is 7.37. The summed E-state index contributed by atoms with van der Waals surface area (Å²) >= 11 is 6.17. The molecule has 7 heteroatoms. The lowest BCUT2D eigenvalue weighted by Crippen LogP contribution is -2.38. The fraction of sp³-hybridized carbons (Fsp3) is 0.333. The summed E-state index contributed by atoms with van der Waals surface area (Å²) in [5.74, 6) is 0.368. The van der Waals surface area contributed by atoms with Crippen molar-refractivity contribution in [1.29, 1.82) is 0 Å². The standard InChI is InChI=1S/C15H17ClN4O.ClH/c16-12-4-2-1-3-10(12)14-11(7-19-20-14)15(21)18-8-13(17)9-5-6-9;/h1-4,7,9,13H,5-6,8,17H2,(H,18,21)(H,19,20);1H. The van der Waals surface area contributed by atoms with Crippen LogP contribution in [0.25, 0.3) is 11.3 Å². The molecule has 0 spiro atoms. The number of hydrogen-bond donors (Lipinski definition) is 3. The van der Waals surface area contributed by atoms with E-state index in [2.05, 4.69) is 15.5 Å². The number of carbonyl (C=O) groups is 1. The van der Waals surface area contributed by atoms with Gasteiger partial charge in [-0.05, 0) is 24.8 Å². The van der Waals surface area contributed by atoms with Gasteiger partial charge in [0.15, 0.2) is 0 Å². The minimum atomic E-state index is -0.185. The lowest BCUT2D eigenvalue weighted by Gasteiger charge is -2.11. The smallest absolute Gasteiger partial charge is 0.255 e. The summed E-state index contributed by atoms with van der Waals surface area (Å²) in [6.07, 6.45) is 3.83. The first-order valence-corrected chi connectivity index (χ1v) is 7.36. The van der Waals surface area contributed by atoms with Crippen LogP contribution in [0.1, 0.15) is 23.2 Å². The van der Waals surface area contributed by atoms with Gasteiger partial charge in [0, 0.05) is 23.2 Å². The maximum Gasteiger partial charge on any atom is 0.255 e. The van der Waals surface area contributed by atoms with E-state index in [0.717, 1.165) is 18.4 Å². The Balaban J connectivity index is 0.00000176. The van der Waals surface area contributed by atoms with Gasteiger partial charge in [-0.15, -0.1) is 12.4 Å². The molecule has 0 radical (unpaired) electrons. The van der Waals surface area contributed by atoms with E-state index in [9.17, 15) is 4.79 Å². The Labute approximate surface area is 140 Å². The van der Waals surface area contributed by atoms with Crippen LogP contribution in [0.4, 0.5) is 0 Å². The predicted molar refractivity (Wildman–Crippen MR) is 89.3 cm³/mol. The molecule has 1 fully saturated rings. The fourth-order valence-electron chi connectivity index (χ4n) is 2.32. The van der Waals surface area contributed by atoms with Gasteiger partial charge >= 0.3 is 0 Å². The number of aromatic nitrogens is 2. The number of halogens is 2. The molecule has 1 amide bonds. The molecule has 0 bridgehead atoms. The first-order valence-electron chi connectivity index (χ1n) is 6.99. The van der Waals surface area contributed by atoms with Gasteiger partial charge in [0.25, 0.3) is 5.91 Å². The van der Waals surface area contributed by atoms with Crippen molar-refractivity contribution in [2.24, 2.45) is 11.7 Å². The molecule has 1 aliphatic rings. The second-order valence-electron chi connectivity index (χ2n) is 5.35. The minimum absolute atomic E-state index is 0. The van der Waals surface area contributed by atoms with E-state index in [1.807, 2.05) is 18.2 Å². The molecule has 3 rings (SSSR count). The number of hydrogen-bond acceptors (Lipinski definition) is 3. The number of carbonyl (C=O) groups excluding carboxylic acids is 1. The SMILES string of the molecule is Cl.NC(CNC(=O)c1cn[nH]c1-c1ccccc1Cl)C1CC1. The number of nitrogens with two attached hydrogens (primary N) is 1. The molecule has 0 aliphatic heterocycles. The van der Waals surface area contributed by atoms with Gasteiger partial charge in [-0.25, -0.2) is 0 Å². The van der Waals surface area contributed by atoms with Crippen molar-refractivity contribution in [1.82, 2.24) is 15.5 Å². The normalized spacial score (nSPS) is 15.0. The summed E-state index contributed by atoms with van der Waals surface area (Å²) in [6.45, 7) is 0.483. The third-order valence-corrected chi connectivity index (χ3v) is 4.08. The van der Waals surface area contributed by atoms with Crippen LogP contribution in [0.5, 0.6) is 0 Å². The summed E-state index contributed by atoms with van der Waals surface area (Å²) in [4.78, 5) is 12.3. The Morgan fingerprint density at radius 2 is 2.18 bits per heavy atom. The first-order chi connectivity index (χ1) is 10.2. The highest BCUT2D eigenvalue weighted by Gasteiger charge is 2.28. The van der Waals surface area contributed by atoms with Crippen molar-refractivity contribution in [2.75, 3.05) is 6.54 Å². The van der Waals surface area contributed by atoms with Gasteiger partial charge in [0.05, 0.1) is 17.5 Å². The van der Waals surface area contributed by atoms with Crippen LogP contribution >= 0.6 is 24.0 Å². The monoisotopic (exact) mass is 340 g/mol. The van der Waals surface area contributed by atoms with Crippen LogP contribution in [0.15, 0.2) is 30.5 Å². The zero-order valence-electron chi connectivity index (χ0n) is 11.9. The molecule has 22 heavy (non-hydrogen) atoms. The zero-order chi connectivity index (χ0) is 14.8. The van der Waals surface area contributed by atoms with E-state index in [1.54, 1.807) is 6.07 Å². The summed E-state index contributed by atoms with van der Waals surface area (Å²) in [5, 5.41) is 10.2. The minimum Gasteiger partial charge on any atom is -0.350 e. The van der Waals surface area contributed by atoms with E-state index in [1.165, 1.54) is 6.20 Å². The van der Waals surface area contributed by atoms with Crippen molar-refractivity contribution < 1.29 is 4.79 Å². The molecule has 1 aromatic heterocycles. The van der Waals surface area contributed by atoms with Gasteiger partial charge in [-0.1, -0.05) is 29.8 Å². The highest BCUT2D eigenvalue weighted by molar-refractivity contribution is 6.33. The molecular formula is C15H18Cl2N4O. The molecule has 4 N–H and O–H groups in total. The van der Waals surface area contributed by atoms with Crippen LogP contribution in [0, 0.1) is 5.92 Å². The van der Waals surface area contributed by atoms with Crippen LogP contribution in [-0.4, -0.2) is 28.7 Å². The number of benzene rings is 1. The van der Waals surface area contributed by atoms with Gasteiger partial charge in [-0.2, -0.15) is 5.10 Å². The zero-order valence-corrected chi connectivity index (χ0v) is 13.5. The maximum absolute atomic E-state index is 12.3. The molecule has 0 saturated heterocycles. The molecule has 1 aliphatic carbocycles. The van der Waals surface area contributed by atoms with Crippen LogP contribution < -0.4 is 11.1 Å².